The molecule has 0 aromatic heterocycles. The van der Waals surface area contributed by atoms with E-state index < -0.39 is 0 Å². The van der Waals surface area contributed by atoms with Gasteiger partial charge < -0.3 is 15.0 Å². The summed E-state index contributed by atoms with van der Waals surface area (Å²) >= 11 is 1.45. The molecule has 0 radical (unpaired) electrons. The van der Waals surface area contributed by atoms with Gasteiger partial charge in [-0.2, -0.15) is 0 Å². The summed E-state index contributed by atoms with van der Waals surface area (Å²) in [6.07, 6.45) is 0.395. The van der Waals surface area contributed by atoms with Crippen molar-refractivity contribution in [2.24, 2.45) is 0 Å². The number of likely N-dealkylation sites (N-methyl/N-ethyl adjacent to an activating group) is 1. The second kappa shape index (κ2) is 6.65. The molecule has 1 saturated heterocycles. The van der Waals surface area contributed by atoms with Crippen molar-refractivity contribution in [3.05, 3.63) is 24.3 Å². The molecule has 0 bridgehead atoms. The third kappa shape index (κ3) is 3.90. The summed E-state index contributed by atoms with van der Waals surface area (Å²) < 4.78 is 5.14. The van der Waals surface area contributed by atoms with Gasteiger partial charge in [-0.05, 0) is 18.2 Å². The number of carbonyl (C=O) groups is 2. The van der Waals surface area contributed by atoms with Crippen molar-refractivity contribution < 1.29 is 14.3 Å². The van der Waals surface area contributed by atoms with E-state index in [1.807, 2.05) is 24.3 Å². The Balaban J connectivity index is 1.79. The van der Waals surface area contributed by atoms with Gasteiger partial charge in [0.1, 0.15) is 5.75 Å². The zero-order valence-electron chi connectivity index (χ0n) is 11.6. The van der Waals surface area contributed by atoms with E-state index in [4.69, 9.17) is 4.74 Å². The quantitative estimate of drug-likeness (QED) is 0.827. The molecular weight excluding hydrogens is 276 g/mol. The van der Waals surface area contributed by atoms with Crippen molar-refractivity contribution in [1.82, 2.24) is 10.2 Å². The van der Waals surface area contributed by atoms with E-state index in [2.05, 4.69) is 5.32 Å². The zero-order valence-corrected chi connectivity index (χ0v) is 12.4. The number of ether oxygens (including phenoxy) is 1. The molecule has 6 heteroatoms. The lowest BCUT2D eigenvalue weighted by Crippen LogP contribution is -2.37. The van der Waals surface area contributed by atoms with Gasteiger partial charge in [-0.15, -0.1) is 11.8 Å². The third-order valence-electron chi connectivity index (χ3n) is 3.12. The summed E-state index contributed by atoms with van der Waals surface area (Å²) in [7, 11) is 3.36. The molecule has 1 unspecified atom stereocenters. The highest BCUT2D eigenvalue weighted by molar-refractivity contribution is 8.00. The van der Waals surface area contributed by atoms with Crippen LogP contribution in [0, 0.1) is 0 Å². The van der Waals surface area contributed by atoms with Gasteiger partial charge in [0, 0.05) is 24.9 Å². The fraction of sp³-hybridized carbons (Fsp3) is 0.429. The number of likely N-dealkylation sites (tertiary alicyclic amines) is 1. The van der Waals surface area contributed by atoms with Crippen molar-refractivity contribution in [3.63, 3.8) is 0 Å². The van der Waals surface area contributed by atoms with Gasteiger partial charge in [-0.3, -0.25) is 9.59 Å². The van der Waals surface area contributed by atoms with Crippen LogP contribution in [-0.2, 0) is 9.59 Å². The topological polar surface area (TPSA) is 58.6 Å². The zero-order chi connectivity index (χ0) is 14.5. The molecule has 1 aromatic rings. The van der Waals surface area contributed by atoms with Gasteiger partial charge in [0.15, 0.2) is 0 Å². The maximum atomic E-state index is 11.8. The molecule has 2 rings (SSSR count). The van der Waals surface area contributed by atoms with E-state index in [9.17, 15) is 9.59 Å². The fourth-order valence-electron chi connectivity index (χ4n) is 2.07. The van der Waals surface area contributed by atoms with E-state index >= 15 is 0 Å². The fourth-order valence-corrected chi connectivity index (χ4v) is 2.82. The molecule has 1 N–H and O–H groups in total. The normalized spacial score (nSPS) is 18.2. The number of nitrogens with one attached hydrogen (secondary N) is 1. The van der Waals surface area contributed by atoms with Crippen LogP contribution in [0.2, 0.25) is 0 Å². The minimum atomic E-state index is -0.0640. The Bertz CT molecular complexity index is 507. The number of amides is 2. The van der Waals surface area contributed by atoms with Crippen LogP contribution >= 0.6 is 11.8 Å². The van der Waals surface area contributed by atoms with E-state index in [1.54, 1.807) is 19.1 Å². The molecule has 108 valence electrons. The van der Waals surface area contributed by atoms with E-state index in [0.29, 0.717) is 18.7 Å². The molecule has 1 aromatic carbocycles. The smallest absolute Gasteiger partial charge is 0.230 e. The number of thioether (sulfide) groups is 1. The van der Waals surface area contributed by atoms with Crippen molar-refractivity contribution in [2.75, 3.05) is 26.5 Å². The lowest BCUT2D eigenvalue weighted by atomic mass is 10.2. The molecule has 20 heavy (non-hydrogen) atoms. The predicted molar refractivity (Wildman–Crippen MR) is 77.9 cm³/mol. The van der Waals surface area contributed by atoms with Gasteiger partial charge in [-0.1, -0.05) is 6.07 Å². The molecule has 1 atom stereocenters. The van der Waals surface area contributed by atoms with Gasteiger partial charge in [0.05, 0.1) is 18.9 Å². The first-order chi connectivity index (χ1) is 9.58. The number of hydrogen-bond acceptors (Lipinski definition) is 4. The summed E-state index contributed by atoms with van der Waals surface area (Å²) in [5, 5.41) is 2.89. The van der Waals surface area contributed by atoms with Crippen LogP contribution in [0.5, 0.6) is 5.75 Å². The lowest BCUT2D eigenvalue weighted by Gasteiger charge is -2.12. The highest BCUT2D eigenvalue weighted by atomic mass is 32.2. The maximum absolute atomic E-state index is 11.8. The first-order valence-electron chi connectivity index (χ1n) is 6.38. The first-order valence-corrected chi connectivity index (χ1v) is 7.37. The molecule has 0 saturated carbocycles. The van der Waals surface area contributed by atoms with Crippen molar-refractivity contribution in [2.45, 2.75) is 17.4 Å². The molecule has 5 nitrogen and oxygen atoms in total. The Labute approximate surface area is 122 Å². The van der Waals surface area contributed by atoms with Gasteiger partial charge in [-0.25, -0.2) is 0 Å². The average molecular weight is 294 g/mol. The molecule has 2 amide bonds. The molecule has 1 aliphatic heterocycles. The monoisotopic (exact) mass is 294 g/mol. The van der Waals surface area contributed by atoms with E-state index in [-0.39, 0.29) is 17.9 Å². The molecule has 0 aliphatic carbocycles. The molecular formula is C14H18N2O3S. The molecule has 1 heterocycles. The highest BCUT2D eigenvalue weighted by Gasteiger charge is 2.27. The number of hydrogen-bond donors (Lipinski definition) is 1. The maximum Gasteiger partial charge on any atom is 0.230 e. The Morgan fingerprint density at radius 3 is 3.00 bits per heavy atom. The van der Waals surface area contributed by atoms with Crippen LogP contribution in [0.4, 0.5) is 0 Å². The van der Waals surface area contributed by atoms with E-state index in [1.165, 1.54) is 11.8 Å². The van der Waals surface area contributed by atoms with Crippen LogP contribution in [-0.4, -0.2) is 49.2 Å². The standard InChI is InChI=1S/C14H18N2O3S/c1-16-8-10(6-14(16)18)15-13(17)9-20-12-5-3-4-11(7-12)19-2/h3-5,7,10H,6,8-9H2,1-2H3,(H,15,17). The molecule has 1 aliphatic rings. The van der Waals surface area contributed by atoms with Crippen molar-refractivity contribution >= 4 is 23.6 Å². The van der Waals surface area contributed by atoms with Crippen molar-refractivity contribution in [1.29, 1.82) is 0 Å². The average Bonchev–Trinajstić information content (AvgIpc) is 2.75. The number of carbonyl (C=O) groups excluding carboxylic acids is 2. The second-order valence-electron chi connectivity index (χ2n) is 4.71. The van der Waals surface area contributed by atoms with Gasteiger partial charge >= 0.3 is 0 Å². The number of benzene rings is 1. The van der Waals surface area contributed by atoms with Gasteiger partial charge in [0.25, 0.3) is 0 Å². The first kappa shape index (κ1) is 14.7. The summed E-state index contributed by atoms with van der Waals surface area (Å²) in [5.41, 5.74) is 0. The van der Waals surface area contributed by atoms with Crippen LogP contribution in [0.3, 0.4) is 0 Å². The summed E-state index contributed by atoms with van der Waals surface area (Å²) in [5.74, 6) is 1.14. The minimum Gasteiger partial charge on any atom is -0.497 e. The van der Waals surface area contributed by atoms with Crippen LogP contribution in [0.25, 0.3) is 0 Å². The van der Waals surface area contributed by atoms with Crippen LogP contribution in [0.1, 0.15) is 6.42 Å². The minimum absolute atomic E-state index is 0.0501. The Morgan fingerprint density at radius 2 is 2.35 bits per heavy atom. The SMILES string of the molecule is COc1cccc(SCC(=O)NC2CC(=O)N(C)C2)c1. The van der Waals surface area contributed by atoms with Crippen molar-refractivity contribution in [3.8, 4) is 5.75 Å². The Hall–Kier alpha value is -1.69. The number of rotatable bonds is 5. The third-order valence-corrected chi connectivity index (χ3v) is 4.11. The molecule has 1 fully saturated rings. The number of methoxy groups -OCH3 is 1. The lowest BCUT2D eigenvalue weighted by molar-refractivity contribution is -0.126. The Kier molecular flexibility index (Phi) is 4.89. The summed E-state index contributed by atoms with van der Waals surface area (Å²) in [6.45, 7) is 0.592. The summed E-state index contributed by atoms with van der Waals surface area (Å²) in [6, 6.07) is 7.53. The van der Waals surface area contributed by atoms with Crippen LogP contribution < -0.4 is 10.1 Å². The largest absolute Gasteiger partial charge is 0.497 e. The summed E-state index contributed by atoms with van der Waals surface area (Å²) in [4.78, 5) is 25.8. The highest BCUT2D eigenvalue weighted by Crippen LogP contribution is 2.22. The van der Waals surface area contributed by atoms with E-state index in [0.717, 1.165) is 10.6 Å². The molecule has 0 spiro atoms. The van der Waals surface area contributed by atoms with Crippen LogP contribution in [0.15, 0.2) is 29.2 Å². The number of nitrogens with zero attached hydrogens (tertiary/aromatic N) is 1. The predicted octanol–water partition coefficient (Wildman–Crippen LogP) is 1.13. The second-order valence-corrected chi connectivity index (χ2v) is 5.76. The Morgan fingerprint density at radius 1 is 1.55 bits per heavy atom. The van der Waals surface area contributed by atoms with Gasteiger partial charge in [0.2, 0.25) is 11.8 Å².